The van der Waals surface area contributed by atoms with Gasteiger partial charge in [-0.25, -0.2) is 0 Å². The molecule has 0 spiro atoms. The molecule has 0 aliphatic carbocycles. The highest BCUT2D eigenvalue weighted by Crippen LogP contribution is 2.29. The minimum Gasteiger partial charge on any atom is -0.305 e. The number of thiazole rings is 1. The van der Waals surface area contributed by atoms with Crippen LogP contribution >= 0.6 is 11.3 Å². The number of nitrogens with one attached hydrogen (secondary N) is 1. The molecule has 102 valence electrons. The van der Waals surface area contributed by atoms with Gasteiger partial charge < -0.3 is 5.32 Å². The third kappa shape index (κ3) is 4.77. The maximum absolute atomic E-state index is 4.13. The summed E-state index contributed by atoms with van der Waals surface area (Å²) in [5.41, 5.74) is 3.56. The zero-order valence-electron chi connectivity index (χ0n) is 11.9. The molecule has 1 atom stereocenters. The second-order valence-corrected chi connectivity index (χ2v) is 7.05. The fourth-order valence-corrected chi connectivity index (χ4v) is 2.70. The molecule has 0 aliphatic heterocycles. The molecule has 0 bridgehead atoms. The summed E-state index contributed by atoms with van der Waals surface area (Å²) in [7, 11) is 0. The lowest BCUT2D eigenvalue weighted by Gasteiger charge is -2.27. The largest absolute Gasteiger partial charge is 0.305 e. The number of hydrogen-bond acceptors (Lipinski definition) is 3. The minimum absolute atomic E-state index is 0.307. The second-order valence-electron chi connectivity index (χ2n) is 6.08. The van der Waals surface area contributed by atoms with E-state index < -0.39 is 0 Å². The van der Waals surface area contributed by atoms with Crippen LogP contribution in [0.4, 0.5) is 0 Å². The molecule has 0 radical (unpaired) electrons. The first-order valence-electron chi connectivity index (χ1n) is 6.70. The predicted molar refractivity (Wildman–Crippen MR) is 82.2 cm³/mol. The Balaban J connectivity index is 2.06. The van der Waals surface area contributed by atoms with Gasteiger partial charge in [0.1, 0.15) is 0 Å². The zero-order chi connectivity index (χ0) is 13.7. The van der Waals surface area contributed by atoms with E-state index >= 15 is 0 Å². The number of aromatic nitrogens is 1. The van der Waals surface area contributed by atoms with E-state index in [0.717, 1.165) is 13.0 Å². The standard InChI is InChI=1S/C16H22N2S/c1-16(2,3)9-15(13-7-5-4-6-8-13)18-11-14-10-17-12-19-14/h4-8,10,12,15,18H,9,11H2,1-3H3. The molecule has 0 saturated carbocycles. The Kier molecular flexibility index (Phi) is 4.72. The van der Waals surface area contributed by atoms with Gasteiger partial charge in [0.05, 0.1) is 5.51 Å². The third-order valence-electron chi connectivity index (χ3n) is 3.02. The van der Waals surface area contributed by atoms with E-state index in [2.05, 4.69) is 61.4 Å². The van der Waals surface area contributed by atoms with E-state index in [1.807, 2.05) is 11.7 Å². The lowest BCUT2D eigenvalue weighted by atomic mass is 9.85. The normalized spacial score (nSPS) is 13.4. The molecule has 1 heterocycles. The Morgan fingerprint density at radius 2 is 1.95 bits per heavy atom. The van der Waals surface area contributed by atoms with Crippen LogP contribution in [-0.2, 0) is 6.54 Å². The second kappa shape index (κ2) is 6.31. The minimum atomic E-state index is 0.307. The number of hydrogen-bond donors (Lipinski definition) is 1. The van der Waals surface area contributed by atoms with Gasteiger partial charge in [0.25, 0.3) is 0 Å². The molecule has 3 heteroatoms. The van der Waals surface area contributed by atoms with Crippen LogP contribution in [-0.4, -0.2) is 4.98 Å². The smallest absolute Gasteiger partial charge is 0.0794 e. The van der Waals surface area contributed by atoms with E-state index in [1.54, 1.807) is 11.3 Å². The van der Waals surface area contributed by atoms with Gasteiger partial charge >= 0.3 is 0 Å². The van der Waals surface area contributed by atoms with Crippen molar-refractivity contribution in [3.8, 4) is 0 Å². The van der Waals surface area contributed by atoms with Crippen molar-refractivity contribution in [2.24, 2.45) is 5.41 Å². The van der Waals surface area contributed by atoms with E-state index in [1.165, 1.54) is 10.4 Å². The Labute approximate surface area is 119 Å². The van der Waals surface area contributed by atoms with Gasteiger partial charge in [-0.15, -0.1) is 11.3 Å². The lowest BCUT2D eigenvalue weighted by Crippen LogP contribution is -2.25. The van der Waals surface area contributed by atoms with Gasteiger partial charge in [0.2, 0.25) is 0 Å². The van der Waals surface area contributed by atoms with Crippen molar-refractivity contribution in [3.05, 3.63) is 52.5 Å². The molecule has 0 aliphatic rings. The van der Waals surface area contributed by atoms with Crippen molar-refractivity contribution in [2.75, 3.05) is 0 Å². The van der Waals surface area contributed by atoms with E-state index in [9.17, 15) is 0 Å². The molecule has 1 aromatic heterocycles. The summed E-state index contributed by atoms with van der Waals surface area (Å²) >= 11 is 1.70. The van der Waals surface area contributed by atoms with Gasteiger partial charge in [-0.2, -0.15) is 0 Å². The summed E-state index contributed by atoms with van der Waals surface area (Å²) in [5, 5.41) is 3.67. The molecule has 0 fully saturated rings. The molecule has 2 rings (SSSR count). The maximum Gasteiger partial charge on any atom is 0.0794 e. The molecule has 2 nitrogen and oxygen atoms in total. The first kappa shape index (κ1) is 14.2. The fourth-order valence-electron chi connectivity index (χ4n) is 2.16. The van der Waals surface area contributed by atoms with Crippen LogP contribution < -0.4 is 5.32 Å². The Hall–Kier alpha value is -1.19. The molecule has 1 unspecified atom stereocenters. The number of rotatable bonds is 5. The highest BCUT2D eigenvalue weighted by Gasteiger charge is 2.19. The van der Waals surface area contributed by atoms with Crippen LogP contribution in [0.2, 0.25) is 0 Å². The van der Waals surface area contributed by atoms with E-state index in [-0.39, 0.29) is 0 Å². The summed E-state index contributed by atoms with van der Waals surface area (Å²) < 4.78 is 0. The number of nitrogens with zero attached hydrogens (tertiary/aromatic N) is 1. The quantitative estimate of drug-likeness (QED) is 0.873. The molecule has 2 aromatic rings. The fraction of sp³-hybridized carbons (Fsp3) is 0.438. The average Bonchev–Trinajstić information content (AvgIpc) is 2.87. The molecule has 0 amide bonds. The Morgan fingerprint density at radius 1 is 1.21 bits per heavy atom. The van der Waals surface area contributed by atoms with Crippen molar-refractivity contribution >= 4 is 11.3 Å². The van der Waals surface area contributed by atoms with E-state index in [0.29, 0.717) is 11.5 Å². The maximum atomic E-state index is 4.13. The van der Waals surface area contributed by atoms with Crippen LogP contribution in [0.5, 0.6) is 0 Å². The number of benzene rings is 1. The zero-order valence-corrected chi connectivity index (χ0v) is 12.7. The highest BCUT2D eigenvalue weighted by atomic mass is 32.1. The van der Waals surface area contributed by atoms with Crippen molar-refractivity contribution in [1.29, 1.82) is 0 Å². The van der Waals surface area contributed by atoms with Crippen LogP contribution in [0.25, 0.3) is 0 Å². The van der Waals surface area contributed by atoms with Crippen LogP contribution in [0, 0.1) is 5.41 Å². The molecular formula is C16H22N2S. The summed E-state index contributed by atoms with van der Waals surface area (Å²) in [4.78, 5) is 5.41. The summed E-state index contributed by atoms with van der Waals surface area (Å²) in [6, 6.07) is 11.1. The van der Waals surface area contributed by atoms with Crippen LogP contribution in [0.15, 0.2) is 42.0 Å². The van der Waals surface area contributed by atoms with Crippen molar-refractivity contribution in [3.63, 3.8) is 0 Å². The van der Waals surface area contributed by atoms with E-state index in [4.69, 9.17) is 0 Å². The topological polar surface area (TPSA) is 24.9 Å². The SMILES string of the molecule is CC(C)(C)CC(NCc1cncs1)c1ccccc1. The summed E-state index contributed by atoms with van der Waals surface area (Å²) in [5.74, 6) is 0. The summed E-state index contributed by atoms with van der Waals surface area (Å²) in [6.45, 7) is 7.76. The van der Waals surface area contributed by atoms with Gasteiger partial charge in [0.15, 0.2) is 0 Å². The van der Waals surface area contributed by atoms with Gasteiger partial charge in [-0.05, 0) is 17.4 Å². The first-order valence-corrected chi connectivity index (χ1v) is 7.58. The molecule has 0 saturated heterocycles. The Bertz CT molecular complexity index is 471. The van der Waals surface area contributed by atoms with Gasteiger partial charge in [0, 0.05) is 23.7 Å². The van der Waals surface area contributed by atoms with Gasteiger partial charge in [-0.1, -0.05) is 51.1 Å². The van der Waals surface area contributed by atoms with Crippen LogP contribution in [0.3, 0.4) is 0 Å². The Morgan fingerprint density at radius 3 is 2.53 bits per heavy atom. The van der Waals surface area contributed by atoms with Crippen molar-refractivity contribution in [2.45, 2.75) is 39.8 Å². The predicted octanol–water partition coefficient (Wildman–Crippen LogP) is 4.41. The lowest BCUT2D eigenvalue weighted by molar-refractivity contribution is 0.310. The summed E-state index contributed by atoms with van der Waals surface area (Å²) in [6.07, 6.45) is 3.06. The first-order chi connectivity index (χ1) is 9.04. The average molecular weight is 274 g/mol. The molecular weight excluding hydrogens is 252 g/mol. The molecule has 1 N–H and O–H groups in total. The molecule has 1 aromatic carbocycles. The van der Waals surface area contributed by atoms with Gasteiger partial charge in [-0.3, -0.25) is 4.98 Å². The molecule has 19 heavy (non-hydrogen) atoms. The van der Waals surface area contributed by atoms with Crippen molar-refractivity contribution < 1.29 is 0 Å². The van der Waals surface area contributed by atoms with Crippen molar-refractivity contribution in [1.82, 2.24) is 10.3 Å². The third-order valence-corrected chi connectivity index (χ3v) is 3.80. The monoisotopic (exact) mass is 274 g/mol. The highest BCUT2D eigenvalue weighted by molar-refractivity contribution is 7.09. The van der Waals surface area contributed by atoms with Crippen LogP contribution in [0.1, 0.15) is 43.7 Å².